The first-order chi connectivity index (χ1) is 18.4. The van der Waals surface area contributed by atoms with E-state index in [1.54, 1.807) is 11.0 Å². The Morgan fingerprint density at radius 1 is 1.05 bits per heavy atom. The van der Waals surface area contributed by atoms with Crippen LogP contribution in [0.4, 0.5) is 0 Å². The maximum absolute atomic E-state index is 14.1. The number of nitrogens with zero attached hydrogens (tertiary/aromatic N) is 3. The fourth-order valence-corrected chi connectivity index (χ4v) is 6.55. The van der Waals surface area contributed by atoms with Crippen LogP contribution in [0.1, 0.15) is 83.7 Å². The van der Waals surface area contributed by atoms with Gasteiger partial charge in [-0.1, -0.05) is 29.8 Å². The number of hydrogen-bond donors (Lipinski definition) is 2. The van der Waals surface area contributed by atoms with Crippen LogP contribution in [0.2, 0.25) is 5.02 Å². The minimum absolute atomic E-state index is 0.0280. The quantitative estimate of drug-likeness (QED) is 0.574. The molecule has 200 valence electrons. The summed E-state index contributed by atoms with van der Waals surface area (Å²) in [5, 5.41) is 24.3. The number of fused-ring (bicyclic) bond motifs is 1. The summed E-state index contributed by atoms with van der Waals surface area (Å²) < 4.78 is 1.47. The molecule has 2 heterocycles. The summed E-state index contributed by atoms with van der Waals surface area (Å²) in [5.41, 5.74) is 4.88. The second-order valence-electron chi connectivity index (χ2n) is 11.1. The molecule has 2 N–H and O–H groups in total. The van der Waals surface area contributed by atoms with E-state index in [-0.39, 0.29) is 30.4 Å². The van der Waals surface area contributed by atoms with Crippen molar-refractivity contribution in [3.8, 4) is 0 Å². The fraction of sp³-hybridized carbons (Fsp3) is 0.517. The minimum Gasteiger partial charge on any atom is -0.481 e. The summed E-state index contributed by atoms with van der Waals surface area (Å²) in [5.74, 6) is -1.39. The third kappa shape index (κ3) is 4.37. The molecule has 1 amide bonds. The van der Waals surface area contributed by atoms with Crippen LogP contribution in [0.3, 0.4) is 0 Å². The first kappa shape index (κ1) is 25.3. The van der Waals surface area contributed by atoms with Crippen LogP contribution in [-0.2, 0) is 22.4 Å². The van der Waals surface area contributed by atoms with E-state index < -0.39 is 11.9 Å². The molecule has 2 unspecified atom stereocenters. The van der Waals surface area contributed by atoms with Crippen molar-refractivity contribution in [3.05, 3.63) is 57.4 Å². The number of aliphatic hydroxyl groups is 1. The number of allylic oxidation sites excluding steroid dienone is 2. The monoisotopic (exact) mass is 537 g/mol. The topological polar surface area (TPSA) is 113 Å². The third-order valence-corrected chi connectivity index (χ3v) is 9.11. The van der Waals surface area contributed by atoms with Gasteiger partial charge in [0.05, 0.1) is 40.5 Å². The van der Waals surface area contributed by atoms with Gasteiger partial charge in [-0.05, 0) is 74.5 Å². The molecule has 8 nitrogen and oxygen atoms in total. The van der Waals surface area contributed by atoms with Crippen molar-refractivity contribution in [1.82, 2.24) is 14.7 Å². The Morgan fingerprint density at radius 2 is 1.84 bits per heavy atom. The lowest BCUT2D eigenvalue weighted by Crippen LogP contribution is -2.55. The predicted molar refractivity (Wildman–Crippen MR) is 141 cm³/mol. The van der Waals surface area contributed by atoms with Crippen molar-refractivity contribution in [2.45, 2.75) is 69.7 Å². The van der Waals surface area contributed by atoms with E-state index >= 15 is 0 Å². The van der Waals surface area contributed by atoms with Crippen molar-refractivity contribution >= 4 is 35.0 Å². The number of aliphatic hydroxyl groups excluding tert-OH is 1. The molecule has 0 spiro atoms. The van der Waals surface area contributed by atoms with Gasteiger partial charge in [-0.25, -0.2) is 0 Å². The normalized spacial score (nSPS) is 24.8. The third-order valence-electron chi connectivity index (χ3n) is 8.79. The highest BCUT2D eigenvalue weighted by atomic mass is 35.5. The number of halogens is 1. The van der Waals surface area contributed by atoms with E-state index in [2.05, 4.69) is 0 Å². The van der Waals surface area contributed by atoms with Gasteiger partial charge in [-0.15, -0.1) is 0 Å². The van der Waals surface area contributed by atoms with Crippen molar-refractivity contribution in [1.29, 1.82) is 0 Å². The van der Waals surface area contributed by atoms with Gasteiger partial charge in [0.25, 0.3) is 5.91 Å². The maximum atomic E-state index is 14.1. The van der Waals surface area contributed by atoms with Crippen molar-refractivity contribution in [3.63, 3.8) is 0 Å². The van der Waals surface area contributed by atoms with E-state index in [4.69, 9.17) is 16.7 Å². The lowest BCUT2D eigenvalue weighted by molar-refractivity contribution is -0.145. The Bertz CT molecular complexity index is 1340. The second kappa shape index (κ2) is 9.97. The molecule has 0 bridgehead atoms. The van der Waals surface area contributed by atoms with Gasteiger partial charge >= 0.3 is 5.97 Å². The number of carbonyl (C=O) groups excluding carboxylic acids is 2. The van der Waals surface area contributed by atoms with E-state index in [1.807, 2.05) is 18.2 Å². The number of hydrogen-bond acceptors (Lipinski definition) is 5. The first-order valence-electron chi connectivity index (χ1n) is 13.6. The zero-order chi connectivity index (χ0) is 26.6. The van der Waals surface area contributed by atoms with Gasteiger partial charge in [-0.3, -0.25) is 14.4 Å². The summed E-state index contributed by atoms with van der Waals surface area (Å²) in [6.07, 6.45) is 8.04. The Kier molecular flexibility index (Phi) is 6.64. The zero-order valence-corrected chi connectivity index (χ0v) is 22.0. The van der Waals surface area contributed by atoms with Crippen LogP contribution in [-0.4, -0.2) is 61.9 Å². The Balaban J connectivity index is 1.39. The van der Waals surface area contributed by atoms with E-state index in [0.29, 0.717) is 61.6 Å². The lowest BCUT2D eigenvalue weighted by atomic mass is 9.81. The highest BCUT2D eigenvalue weighted by Gasteiger charge is 2.40. The van der Waals surface area contributed by atoms with Gasteiger partial charge in [0.2, 0.25) is 5.91 Å². The summed E-state index contributed by atoms with van der Waals surface area (Å²) in [7, 11) is 0. The molecule has 1 saturated heterocycles. The number of benzene rings is 1. The molecule has 1 aromatic carbocycles. The Hall–Kier alpha value is -2.97. The van der Waals surface area contributed by atoms with Crippen LogP contribution in [0.25, 0.3) is 5.57 Å². The summed E-state index contributed by atoms with van der Waals surface area (Å²) in [6.45, 7) is 0.616. The number of carboxylic acid groups (broad SMARTS) is 1. The van der Waals surface area contributed by atoms with Crippen molar-refractivity contribution in [2.24, 2.45) is 11.8 Å². The molecule has 6 rings (SSSR count). The number of aliphatic carboxylic acids is 1. The number of rotatable bonds is 6. The number of likely N-dealkylation sites (tertiary alicyclic amines) is 1. The molecular formula is C29H32ClN3O5. The fourth-order valence-electron chi connectivity index (χ4n) is 6.28. The SMILES string of the molecule is O=C(O)C1CC=C(c2nn(C(=O)c3c(Cl)cccc3C3CC3)c3c2CCC(C(=O)N2CC[C@H]2CO)C3)CC1. The van der Waals surface area contributed by atoms with Gasteiger partial charge < -0.3 is 15.1 Å². The molecule has 1 aliphatic heterocycles. The van der Waals surface area contributed by atoms with Crippen molar-refractivity contribution in [2.75, 3.05) is 13.2 Å². The van der Waals surface area contributed by atoms with Crippen LogP contribution in [0, 0.1) is 11.8 Å². The maximum Gasteiger partial charge on any atom is 0.306 e. The van der Waals surface area contributed by atoms with Gasteiger partial charge in [0, 0.05) is 24.4 Å². The molecule has 3 atom stereocenters. The van der Waals surface area contributed by atoms with E-state index in [1.165, 1.54) is 4.68 Å². The van der Waals surface area contributed by atoms with Crippen LogP contribution < -0.4 is 0 Å². The van der Waals surface area contributed by atoms with Crippen LogP contribution in [0.15, 0.2) is 24.3 Å². The molecule has 4 aliphatic rings. The summed E-state index contributed by atoms with van der Waals surface area (Å²) in [6, 6.07) is 5.46. The van der Waals surface area contributed by atoms with E-state index in [9.17, 15) is 24.6 Å². The standard InChI is InChI=1S/C29H32ClN3O5/c30-23-3-1-2-21(16-4-5-16)25(23)28(36)33-24-14-19(27(35)32-13-12-20(32)15-34)10-11-22(24)26(31-33)17-6-8-18(9-7-17)29(37)38/h1-3,6,16,18-20,34H,4-5,7-15H2,(H,37,38)/t18?,19?,20-/m0/s1. The minimum atomic E-state index is -0.789. The Labute approximate surface area is 226 Å². The molecular weight excluding hydrogens is 506 g/mol. The predicted octanol–water partition coefficient (Wildman–Crippen LogP) is 4.07. The van der Waals surface area contributed by atoms with Crippen LogP contribution in [0.5, 0.6) is 0 Å². The molecule has 1 saturated carbocycles. The molecule has 3 aliphatic carbocycles. The molecule has 38 heavy (non-hydrogen) atoms. The molecule has 2 fully saturated rings. The molecule has 2 aromatic rings. The molecule has 1 aromatic heterocycles. The smallest absolute Gasteiger partial charge is 0.306 e. The van der Waals surface area contributed by atoms with Crippen molar-refractivity contribution < 1.29 is 24.6 Å². The summed E-state index contributed by atoms with van der Waals surface area (Å²) >= 11 is 6.60. The zero-order valence-electron chi connectivity index (χ0n) is 21.2. The van der Waals surface area contributed by atoms with Gasteiger partial charge in [-0.2, -0.15) is 9.78 Å². The number of aromatic nitrogens is 2. The average Bonchev–Trinajstić information content (AvgIpc) is 3.68. The highest BCUT2D eigenvalue weighted by Crippen LogP contribution is 2.44. The highest BCUT2D eigenvalue weighted by molar-refractivity contribution is 6.34. The number of carboxylic acids is 1. The number of carbonyl (C=O) groups is 3. The van der Waals surface area contributed by atoms with E-state index in [0.717, 1.165) is 47.4 Å². The average molecular weight is 538 g/mol. The number of amides is 1. The van der Waals surface area contributed by atoms with Gasteiger partial charge in [0.15, 0.2) is 0 Å². The van der Waals surface area contributed by atoms with Gasteiger partial charge in [0.1, 0.15) is 0 Å². The van der Waals surface area contributed by atoms with Crippen LogP contribution >= 0.6 is 11.6 Å². The first-order valence-corrected chi connectivity index (χ1v) is 14.0. The second-order valence-corrected chi connectivity index (χ2v) is 11.5. The largest absolute Gasteiger partial charge is 0.481 e. The molecule has 0 radical (unpaired) electrons. The Morgan fingerprint density at radius 3 is 2.47 bits per heavy atom. The summed E-state index contributed by atoms with van der Waals surface area (Å²) in [4.78, 5) is 40.7. The molecule has 9 heteroatoms. The lowest BCUT2D eigenvalue weighted by Gasteiger charge is -2.42.